The van der Waals surface area contributed by atoms with E-state index in [9.17, 15) is 4.39 Å². The fourth-order valence-corrected chi connectivity index (χ4v) is 3.42. The molecular formula is C22H25ClFN3. The van der Waals surface area contributed by atoms with E-state index < -0.39 is 0 Å². The van der Waals surface area contributed by atoms with Gasteiger partial charge in [0.25, 0.3) is 0 Å². The molecular weight excluding hydrogens is 361 g/mol. The first-order chi connectivity index (χ1) is 13.2. The highest BCUT2D eigenvalue weighted by Crippen LogP contribution is 2.24. The van der Waals surface area contributed by atoms with Gasteiger partial charge in [0.05, 0.1) is 5.52 Å². The standard InChI is InChI=1S/C22H25ClFN3/c1-2-13-27(16-17-6-3-4-7-20(17)24)14-5-11-25-21-10-12-26-22-15-18(23)8-9-19(21)22/h3-4,6-10,12,15H,2,5,11,13-14,16H2,1H3,(H,25,26). The Kier molecular flexibility index (Phi) is 7.02. The van der Waals surface area contributed by atoms with Gasteiger partial charge in [-0.15, -0.1) is 0 Å². The molecule has 0 saturated carbocycles. The van der Waals surface area contributed by atoms with Crippen molar-refractivity contribution in [2.45, 2.75) is 26.3 Å². The van der Waals surface area contributed by atoms with Gasteiger partial charge < -0.3 is 5.32 Å². The zero-order valence-electron chi connectivity index (χ0n) is 15.6. The third-order valence-corrected chi connectivity index (χ3v) is 4.80. The molecule has 0 aliphatic rings. The van der Waals surface area contributed by atoms with Gasteiger partial charge in [-0.05, 0) is 49.7 Å². The summed E-state index contributed by atoms with van der Waals surface area (Å²) in [5.41, 5.74) is 2.71. The first-order valence-electron chi connectivity index (χ1n) is 9.41. The van der Waals surface area contributed by atoms with E-state index in [1.807, 2.05) is 36.4 Å². The molecule has 0 amide bonds. The summed E-state index contributed by atoms with van der Waals surface area (Å²) in [6.45, 7) is 5.53. The number of pyridine rings is 1. The van der Waals surface area contributed by atoms with E-state index in [0.717, 1.165) is 54.6 Å². The van der Waals surface area contributed by atoms with Gasteiger partial charge in [0.15, 0.2) is 0 Å². The van der Waals surface area contributed by atoms with Crippen LogP contribution < -0.4 is 5.32 Å². The summed E-state index contributed by atoms with van der Waals surface area (Å²) in [6.07, 6.45) is 3.83. The van der Waals surface area contributed by atoms with Crippen molar-refractivity contribution in [2.75, 3.05) is 25.0 Å². The van der Waals surface area contributed by atoms with Crippen LogP contribution >= 0.6 is 11.6 Å². The van der Waals surface area contributed by atoms with Crippen molar-refractivity contribution in [1.29, 1.82) is 0 Å². The number of aromatic nitrogens is 1. The predicted octanol–water partition coefficient (Wildman–Crippen LogP) is 5.74. The van der Waals surface area contributed by atoms with Gasteiger partial charge in [-0.25, -0.2) is 4.39 Å². The molecule has 142 valence electrons. The van der Waals surface area contributed by atoms with Crippen LogP contribution in [0.2, 0.25) is 5.02 Å². The maximum Gasteiger partial charge on any atom is 0.127 e. The summed E-state index contributed by atoms with van der Waals surface area (Å²) in [5.74, 6) is -0.126. The molecule has 3 aromatic rings. The molecule has 0 fully saturated rings. The predicted molar refractivity (Wildman–Crippen MR) is 112 cm³/mol. The fraction of sp³-hybridized carbons (Fsp3) is 0.318. The average molecular weight is 386 g/mol. The highest BCUT2D eigenvalue weighted by molar-refractivity contribution is 6.31. The lowest BCUT2D eigenvalue weighted by Gasteiger charge is -2.22. The molecule has 0 radical (unpaired) electrons. The minimum atomic E-state index is -0.126. The van der Waals surface area contributed by atoms with Crippen LogP contribution in [0.15, 0.2) is 54.7 Å². The Balaban J connectivity index is 1.56. The second kappa shape index (κ2) is 9.67. The van der Waals surface area contributed by atoms with Crippen LogP contribution in [0.4, 0.5) is 10.1 Å². The Morgan fingerprint density at radius 1 is 1.11 bits per heavy atom. The van der Waals surface area contributed by atoms with Gasteiger partial charge in [-0.2, -0.15) is 0 Å². The fourth-order valence-electron chi connectivity index (χ4n) is 3.25. The van der Waals surface area contributed by atoms with Gasteiger partial charge in [-0.3, -0.25) is 9.88 Å². The summed E-state index contributed by atoms with van der Waals surface area (Å²) < 4.78 is 13.9. The van der Waals surface area contributed by atoms with Gasteiger partial charge >= 0.3 is 0 Å². The van der Waals surface area contributed by atoms with Crippen molar-refractivity contribution in [2.24, 2.45) is 0 Å². The lowest BCUT2D eigenvalue weighted by molar-refractivity contribution is 0.261. The van der Waals surface area contributed by atoms with Crippen molar-refractivity contribution < 1.29 is 4.39 Å². The third-order valence-electron chi connectivity index (χ3n) is 4.56. The van der Waals surface area contributed by atoms with Crippen LogP contribution in [-0.4, -0.2) is 29.5 Å². The Bertz CT molecular complexity index is 884. The molecule has 3 nitrogen and oxygen atoms in total. The zero-order valence-corrected chi connectivity index (χ0v) is 16.3. The zero-order chi connectivity index (χ0) is 19.1. The van der Waals surface area contributed by atoms with Crippen LogP contribution in [0.5, 0.6) is 0 Å². The van der Waals surface area contributed by atoms with E-state index in [1.165, 1.54) is 6.07 Å². The lowest BCUT2D eigenvalue weighted by atomic mass is 10.1. The van der Waals surface area contributed by atoms with Crippen LogP contribution in [0.25, 0.3) is 10.9 Å². The maximum atomic E-state index is 13.9. The summed E-state index contributed by atoms with van der Waals surface area (Å²) in [7, 11) is 0. The largest absolute Gasteiger partial charge is 0.384 e. The Hall–Kier alpha value is -2.17. The molecule has 0 aliphatic carbocycles. The van der Waals surface area contributed by atoms with E-state index in [-0.39, 0.29) is 5.82 Å². The topological polar surface area (TPSA) is 28.2 Å². The summed E-state index contributed by atoms with van der Waals surface area (Å²) in [6, 6.07) is 14.8. The maximum absolute atomic E-state index is 13.9. The lowest BCUT2D eigenvalue weighted by Crippen LogP contribution is -2.27. The number of hydrogen-bond donors (Lipinski definition) is 1. The Morgan fingerprint density at radius 2 is 1.96 bits per heavy atom. The molecule has 0 aliphatic heterocycles. The quantitative estimate of drug-likeness (QED) is 0.476. The minimum absolute atomic E-state index is 0.126. The molecule has 0 spiro atoms. The third kappa shape index (κ3) is 5.41. The highest BCUT2D eigenvalue weighted by Gasteiger charge is 2.08. The van der Waals surface area contributed by atoms with Crippen LogP contribution in [0, 0.1) is 5.82 Å². The van der Waals surface area contributed by atoms with Gasteiger partial charge in [0.2, 0.25) is 0 Å². The summed E-state index contributed by atoms with van der Waals surface area (Å²) >= 11 is 6.05. The van der Waals surface area contributed by atoms with Crippen molar-refractivity contribution in [1.82, 2.24) is 9.88 Å². The average Bonchev–Trinajstić information content (AvgIpc) is 2.66. The van der Waals surface area contributed by atoms with E-state index in [2.05, 4.69) is 22.1 Å². The van der Waals surface area contributed by atoms with Crippen molar-refractivity contribution >= 4 is 28.2 Å². The van der Waals surface area contributed by atoms with Gasteiger partial charge in [-0.1, -0.05) is 36.7 Å². The molecule has 1 aromatic heterocycles. The number of halogens is 2. The second-order valence-corrected chi connectivity index (χ2v) is 7.10. The van der Waals surface area contributed by atoms with Crippen LogP contribution in [0.1, 0.15) is 25.3 Å². The van der Waals surface area contributed by atoms with E-state index in [0.29, 0.717) is 11.6 Å². The number of anilines is 1. The number of fused-ring (bicyclic) bond motifs is 1. The molecule has 0 atom stereocenters. The molecule has 0 unspecified atom stereocenters. The van der Waals surface area contributed by atoms with E-state index >= 15 is 0 Å². The van der Waals surface area contributed by atoms with Crippen molar-refractivity contribution in [3.63, 3.8) is 0 Å². The van der Waals surface area contributed by atoms with Crippen molar-refractivity contribution in [3.05, 3.63) is 71.1 Å². The molecule has 1 N–H and O–H groups in total. The van der Waals surface area contributed by atoms with E-state index in [4.69, 9.17) is 11.6 Å². The molecule has 0 saturated heterocycles. The van der Waals surface area contributed by atoms with Gasteiger partial charge in [0.1, 0.15) is 5.82 Å². The number of nitrogens with one attached hydrogen (secondary N) is 1. The Labute approximate surface area is 165 Å². The van der Waals surface area contributed by atoms with Crippen LogP contribution in [0.3, 0.4) is 0 Å². The second-order valence-electron chi connectivity index (χ2n) is 6.67. The molecule has 1 heterocycles. The van der Waals surface area contributed by atoms with Crippen molar-refractivity contribution in [3.8, 4) is 0 Å². The highest BCUT2D eigenvalue weighted by atomic mass is 35.5. The Morgan fingerprint density at radius 3 is 2.78 bits per heavy atom. The van der Waals surface area contributed by atoms with Gasteiger partial charge in [0, 0.05) is 47.5 Å². The molecule has 2 aromatic carbocycles. The molecule has 0 bridgehead atoms. The first-order valence-corrected chi connectivity index (χ1v) is 9.79. The van der Waals surface area contributed by atoms with E-state index in [1.54, 1.807) is 12.3 Å². The SMILES string of the molecule is CCCN(CCCNc1ccnc2cc(Cl)ccc12)Cc1ccccc1F. The number of rotatable bonds is 9. The minimum Gasteiger partial charge on any atom is -0.384 e. The molecule has 27 heavy (non-hydrogen) atoms. The monoisotopic (exact) mass is 385 g/mol. The number of hydrogen-bond acceptors (Lipinski definition) is 3. The summed E-state index contributed by atoms with van der Waals surface area (Å²) in [5, 5.41) is 5.25. The molecule has 3 rings (SSSR count). The number of nitrogens with zero attached hydrogens (tertiary/aromatic N) is 2. The normalized spacial score (nSPS) is 11.3. The summed E-state index contributed by atoms with van der Waals surface area (Å²) in [4.78, 5) is 6.68. The smallest absolute Gasteiger partial charge is 0.127 e. The molecule has 5 heteroatoms. The number of benzene rings is 2. The van der Waals surface area contributed by atoms with Crippen LogP contribution in [-0.2, 0) is 6.54 Å². The first kappa shape index (κ1) is 19.6.